The zero-order valence-corrected chi connectivity index (χ0v) is 13.7. The molecule has 2 rings (SSSR count). The summed E-state index contributed by atoms with van der Waals surface area (Å²) in [5.74, 6) is 0.341. The van der Waals surface area contributed by atoms with Crippen molar-refractivity contribution >= 4 is 43.5 Å². The van der Waals surface area contributed by atoms with Crippen LogP contribution in [0.15, 0.2) is 40.9 Å². The Balaban J connectivity index is 2.07. The summed E-state index contributed by atoms with van der Waals surface area (Å²) in [5.41, 5.74) is 1.93. The summed E-state index contributed by atoms with van der Waals surface area (Å²) in [5, 5.41) is 0.853. The predicted molar refractivity (Wildman–Crippen MR) is 82.5 cm³/mol. The van der Waals surface area contributed by atoms with Crippen LogP contribution in [0.1, 0.15) is 11.1 Å². The molecule has 0 unspecified atom stereocenters. The molecular formula is C14H10Br2ClFO. The van der Waals surface area contributed by atoms with Crippen molar-refractivity contribution in [1.29, 1.82) is 0 Å². The Kier molecular flexibility index (Phi) is 5.25. The predicted octanol–water partition coefficient (Wildman–Crippen LogP) is 5.72. The summed E-state index contributed by atoms with van der Waals surface area (Å²) in [6.07, 6.45) is 0. The van der Waals surface area contributed by atoms with E-state index in [9.17, 15) is 4.39 Å². The summed E-state index contributed by atoms with van der Waals surface area (Å²) in [6, 6.07) is 10.3. The third-order valence-corrected chi connectivity index (χ3v) is 4.22. The van der Waals surface area contributed by atoms with Crippen LogP contribution in [-0.4, -0.2) is 0 Å². The second-order valence-corrected chi connectivity index (χ2v) is 5.75. The van der Waals surface area contributed by atoms with Gasteiger partial charge in [-0.1, -0.05) is 49.5 Å². The summed E-state index contributed by atoms with van der Waals surface area (Å²) >= 11 is 12.6. The molecule has 0 aromatic heterocycles. The van der Waals surface area contributed by atoms with Gasteiger partial charge in [-0.05, 0) is 41.5 Å². The van der Waals surface area contributed by atoms with Crippen molar-refractivity contribution in [2.75, 3.05) is 0 Å². The van der Waals surface area contributed by atoms with E-state index in [0.717, 1.165) is 26.7 Å². The van der Waals surface area contributed by atoms with Crippen molar-refractivity contribution in [3.05, 3.63) is 62.8 Å². The number of benzene rings is 2. The Morgan fingerprint density at radius 2 is 1.95 bits per heavy atom. The van der Waals surface area contributed by atoms with Gasteiger partial charge in [0.15, 0.2) is 0 Å². The lowest BCUT2D eigenvalue weighted by Crippen LogP contribution is -1.96. The molecule has 0 heterocycles. The van der Waals surface area contributed by atoms with Crippen LogP contribution in [0.3, 0.4) is 0 Å². The Morgan fingerprint density at radius 3 is 2.63 bits per heavy atom. The maximum atomic E-state index is 13.0. The summed E-state index contributed by atoms with van der Waals surface area (Å²) in [4.78, 5) is 0. The van der Waals surface area contributed by atoms with Crippen molar-refractivity contribution in [3.8, 4) is 5.75 Å². The molecule has 5 heteroatoms. The van der Waals surface area contributed by atoms with Gasteiger partial charge in [0.05, 0.1) is 5.02 Å². The zero-order chi connectivity index (χ0) is 13.8. The molecule has 0 spiro atoms. The summed E-state index contributed by atoms with van der Waals surface area (Å²) in [6.45, 7) is 0.351. The maximum absolute atomic E-state index is 13.0. The van der Waals surface area contributed by atoms with Gasteiger partial charge in [0.1, 0.15) is 18.2 Å². The van der Waals surface area contributed by atoms with E-state index in [1.807, 2.05) is 18.2 Å². The standard InChI is InChI=1S/C14H10Br2ClFO/c15-7-10-6-11(2-3-12(10)16)19-8-9-1-4-14(18)13(17)5-9/h1-6H,7-8H2. The van der Waals surface area contributed by atoms with E-state index in [-0.39, 0.29) is 5.02 Å². The van der Waals surface area contributed by atoms with Gasteiger partial charge in [-0.3, -0.25) is 0 Å². The Morgan fingerprint density at radius 1 is 1.16 bits per heavy atom. The van der Waals surface area contributed by atoms with Gasteiger partial charge in [-0.2, -0.15) is 0 Å². The fourth-order valence-corrected chi connectivity index (χ4v) is 2.97. The first-order valence-corrected chi connectivity index (χ1v) is 7.80. The Bertz CT molecular complexity index is 590. The Labute approximate surface area is 133 Å². The van der Waals surface area contributed by atoms with Crippen molar-refractivity contribution in [3.63, 3.8) is 0 Å². The van der Waals surface area contributed by atoms with Crippen LogP contribution in [0.5, 0.6) is 5.75 Å². The first-order valence-electron chi connectivity index (χ1n) is 5.51. The van der Waals surface area contributed by atoms with E-state index in [4.69, 9.17) is 16.3 Å². The fourth-order valence-electron chi connectivity index (χ4n) is 1.54. The molecule has 0 aliphatic heterocycles. The fraction of sp³-hybridized carbons (Fsp3) is 0.143. The highest BCUT2D eigenvalue weighted by molar-refractivity contribution is 9.10. The minimum absolute atomic E-state index is 0.109. The molecule has 0 radical (unpaired) electrons. The van der Waals surface area contributed by atoms with E-state index >= 15 is 0 Å². The Hall–Kier alpha value is -0.580. The van der Waals surface area contributed by atoms with Gasteiger partial charge in [0, 0.05) is 9.80 Å². The number of ether oxygens (including phenoxy) is 1. The van der Waals surface area contributed by atoms with Crippen molar-refractivity contribution in [1.82, 2.24) is 0 Å². The van der Waals surface area contributed by atoms with Crippen LogP contribution >= 0.6 is 43.5 Å². The van der Waals surface area contributed by atoms with Crippen molar-refractivity contribution in [2.24, 2.45) is 0 Å². The van der Waals surface area contributed by atoms with Crippen LogP contribution in [0.4, 0.5) is 4.39 Å². The maximum Gasteiger partial charge on any atom is 0.141 e. The number of halogens is 4. The van der Waals surface area contributed by atoms with E-state index < -0.39 is 5.82 Å². The minimum Gasteiger partial charge on any atom is -0.489 e. The topological polar surface area (TPSA) is 9.23 Å². The van der Waals surface area contributed by atoms with E-state index in [1.165, 1.54) is 6.07 Å². The zero-order valence-electron chi connectivity index (χ0n) is 9.80. The molecule has 0 N–H and O–H groups in total. The molecule has 0 saturated heterocycles. The molecule has 1 nitrogen and oxygen atoms in total. The van der Waals surface area contributed by atoms with E-state index in [1.54, 1.807) is 12.1 Å². The lowest BCUT2D eigenvalue weighted by molar-refractivity contribution is 0.306. The monoisotopic (exact) mass is 406 g/mol. The lowest BCUT2D eigenvalue weighted by Gasteiger charge is -2.09. The summed E-state index contributed by atoms with van der Waals surface area (Å²) < 4.78 is 19.7. The quantitative estimate of drug-likeness (QED) is 0.589. The molecular weight excluding hydrogens is 398 g/mol. The molecule has 2 aromatic rings. The average molecular weight is 408 g/mol. The largest absolute Gasteiger partial charge is 0.489 e. The summed E-state index contributed by atoms with van der Waals surface area (Å²) in [7, 11) is 0. The molecule has 19 heavy (non-hydrogen) atoms. The third-order valence-electron chi connectivity index (χ3n) is 2.55. The van der Waals surface area contributed by atoms with E-state index in [2.05, 4.69) is 31.9 Å². The molecule has 0 saturated carbocycles. The number of rotatable bonds is 4. The second kappa shape index (κ2) is 6.73. The normalized spacial score (nSPS) is 10.5. The molecule has 0 amide bonds. The van der Waals surface area contributed by atoms with Gasteiger partial charge < -0.3 is 4.74 Å². The van der Waals surface area contributed by atoms with Gasteiger partial charge >= 0.3 is 0 Å². The highest BCUT2D eigenvalue weighted by Gasteiger charge is 2.04. The van der Waals surface area contributed by atoms with Gasteiger partial charge in [-0.25, -0.2) is 4.39 Å². The highest BCUT2D eigenvalue weighted by atomic mass is 79.9. The van der Waals surface area contributed by atoms with Gasteiger partial charge in [0.25, 0.3) is 0 Å². The molecule has 2 aromatic carbocycles. The lowest BCUT2D eigenvalue weighted by atomic mass is 10.2. The van der Waals surface area contributed by atoms with Crippen LogP contribution in [0.25, 0.3) is 0 Å². The second-order valence-electron chi connectivity index (χ2n) is 3.92. The van der Waals surface area contributed by atoms with Gasteiger partial charge in [-0.15, -0.1) is 0 Å². The minimum atomic E-state index is -0.421. The molecule has 0 atom stereocenters. The number of hydrogen-bond donors (Lipinski definition) is 0. The SMILES string of the molecule is Fc1ccc(COc2ccc(Br)c(CBr)c2)cc1Cl. The molecule has 0 aliphatic carbocycles. The smallest absolute Gasteiger partial charge is 0.141 e. The van der Waals surface area contributed by atoms with Crippen LogP contribution in [-0.2, 0) is 11.9 Å². The highest BCUT2D eigenvalue weighted by Crippen LogP contribution is 2.25. The molecule has 100 valence electrons. The van der Waals surface area contributed by atoms with Crippen LogP contribution in [0.2, 0.25) is 5.02 Å². The first-order chi connectivity index (χ1) is 9.10. The van der Waals surface area contributed by atoms with E-state index in [0.29, 0.717) is 6.61 Å². The first kappa shape index (κ1) is 14.8. The van der Waals surface area contributed by atoms with Gasteiger partial charge in [0.2, 0.25) is 0 Å². The van der Waals surface area contributed by atoms with Crippen molar-refractivity contribution in [2.45, 2.75) is 11.9 Å². The number of alkyl halides is 1. The third kappa shape index (κ3) is 3.94. The van der Waals surface area contributed by atoms with Crippen LogP contribution in [0, 0.1) is 5.82 Å². The molecule has 0 fully saturated rings. The molecule has 0 bridgehead atoms. The van der Waals surface area contributed by atoms with Crippen molar-refractivity contribution < 1.29 is 9.13 Å². The average Bonchev–Trinajstić information content (AvgIpc) is 2.41. The van der Waals surface area contributed by atoms with Crippen LogP contribution < -0.4 is 4.74 Å². The molecule has 0 aliphatic rings. The number of hydrogen-bond acceptors (Lipinski definition) is 1.